The van der Waals surface area contributed by atoms with Crippen LogP contribution in [0.2, 0.25) is 0 Å². The third-order valence-electron chi connectivity index (χ3n) is 4.97. The Morgan fingerprint density at radius 3 is 2.71 bits per heavy atom. The van der Waals surface area contributed by atoms with E-state index < -0.39 is 17.7 Å². The summed E-state index contributed by atoms with van der Waals surface area (Å²) in [6.07, 6.45) is 1.58. The van der Waals surface area contributed by atoms with E-state index in [9.17, 15) is 13.6 Å². The average Bonchev–Trinajstić information content (AvgIpc) is 3.18. The van der Waals surface area contributed by atoms with Crippen LogP contribution in [-0.4, -0.2) is 53.0 Å². The number of piperazine rings is 1. The van der Waals surface area contributed by atoms with Gasteiger partial charge in [0.2, 0.25) is 5.91 Å². The van der Waals surface area contributed by atoms with Crippen molar-refractivity contribution in [3.63, 3.8) is 0 Å². The van der Waals surface area contributed by atoms with E-state index in [-0.39, 0.29) is 11.6 Å². The predicted molar refractivity (Wildman–Crippen MR) is 106 cm³/mol. The molecule has 1 aliphatic heterocycles. The molecule has 1 saturated heterocycles. The molecule has 0 bridgehead atoms. The molecule has 1 aliphatic rings. The fourth-order valence-corrected chi connectivity index (χ4v) is 4.07. The van der Waals surface area contributed by atoms with Gasteiger partial charge < -0.3 is 10.2 Å². The number of carbonyl (C=O) groups is 1. The van der Waals surface area contributed by atoms with Crippen molar-refractivity contribution in [3.05, 3.63) is 47.6 Å². The summed E-state index contributed by atoms with van der Waals surface area (Å²) in [7, 11) is 0. The summed E-state index contributed by atoms with van der Waals surface area (Å²) in [5.74, 6) is -0.865. The highest BCUT2D eigenvalue weighted by Crippen LogP contribution is 2.27. The molecular formula is C19H19F2N5OS. The number of aromatic nitrogens is 2. The SMILES string of the molecule is CC(C(=O)Nc1ccc(F)cc1F)N1CCN(c2ncnc3sccc23)CC1. The Balaban J connectivity index is 1.39. The van der Waals surface area contributed by atoms with Crippen molar-refractivity contribution in [2.24, 2.45) is 0 Å². The van der Waals surface area contributed by atoms with Crippen LogP contribution in [0.25, 0.3) is 10.2 Å². The number of amides is 1. The van der Waals surface area contributed by atoms with Crippen LogP contribution in [0.15, 0.2) is 36.0 Å². The molecule has 1 fully saturated rings. The smallest absolute Gasteiger partial charge is 0.241 e. The molecule has 0 saturated carbocycles. The van der Waals surface area contributed by atoms with Gasteiger partial charge in [0.1, 0.15) is 28.6 Å². The zero-order valence-electron chi connectivity index (χ0n) is 15.2. The molecule has 3 heterocycles. The molecule has 0 spiro atoms. The van der Waals surface area contributed by atoms with Gasteiger partial charge >= 0.3 is 0 Å². The molecule has 2 aromatic heterocycles. The lowest BCUT2D eigenvalue weighted by molar-refractivity contribution is -0.120. The minimum Gasteiger partial charge on any atom is -0.353 e. The van der Waals surface area contributed by atoms with Crippen molar-refractivity contribution in [1.29, 1.82) is 0 Å². The summed E-state index contributed by atoms with van der Waals surface area (Å²) in [6, 6.07) is 4.70. The maximum Gasteiger partial charge on any atom is 0.241 e. The molecule has 146 valence electrons. The average molecular weight is 403 g/mol. The fourth-order valence-electron chi connectivity index (χ4n) is 3.34. The van der Waals surface area contributed by atoms with E-state index in [0.717, 1.165) is 41.3 Å². The molecule has 3 aromatic rings. The number of benzene rings is 1. The zero-order chi connectivity index (χ0) is 19.7. The number of thiophene rings is 1. The van der Waals surface area contributed by atoms with Gasteiger partial charge in [0.15, 0.2) is 0 Å². The molecule has 9 heteroatoms. The highest BCUT2D eigenvalue weighted by molar-refractivity contribution is 7.16. The van der Waals surface area contributed by atoms with Gasteiger partial charge in [-0.1, -0.05) is 0 Å². The quantitative estimate of drug-likeness (QED) is 0.725. The molecule has 4 rings (SSSR count). The van der Waals surface area contributed by atoms with Crippen LogP contribution in [0.3, 0.4) is 0 Å². The van der Waals surface area contributed by atoms with E-state index in [4.69, 9.17) is 0 Å². The lowest BCUT2D eigenvalue weighted by Crippen LogP contribution is -2.53. The number of hydrogen-bond donors (Lipinski definition) is 1. The van der Waals surface area contributed by atoms with Crippen LogP contribution in [0, 0.1) is 11.6 Å². The summed E-state index contributed by atoms with van der Waals surface area (Å²) in [4.78, 5) is 26.4. The molecule has 6 nitrogen and oxygen atoms in total. The lowest BCUT2D eigenvalue weighted by Gasteiger charge is -2.38. The van der Waals surface area contributed by atoms with Crippen LogP contribution >= 0.6 is 11.3 Å². The maximum atomic E-state index is 13.8. The molecule has 1 unspecified atom stereocenters. The number of hydrogen-bond acceptors (Lipinski definition) is 6. The standard InChI is InChI=1S/C19H19F2N5OS/c1-12(18(27)24-16-3-2-13(20)10-15(16)21)25-5-7-26(8-6-25)17-14-4-9-28-19(14)23-11-22-17/h2-4,9-12H,5-8H2,1H3,(H,24,27). The van der Waals surface area contributed by atoms with Crippen molar-refractivity contribution >= 4 is 39.0 Å². The second-order valence-corrected chi connectivity index (χ2v) is 7.54. The third-order valence-corrected chi connectivity index (χ3v) is 5.79. The first-order valence-corrected chi connectivity index (χ1v) is 9.84. The second kappa shape index (κ2) is 7.76. The number of fused-ring (bicyclic) bond motifs is 1. The van der Waals surface area contributed by atoms with E-state index in [1.54, 1.807) is 24.6 Å². The van der Waals surface area contributed by atoms with Gasteiger partial charge in [0, 0.05) is 32.2 Å². The summed E-state index contributed by atoms with van der Waals surface area (Å²) in [5, 5.41) is 5.58. The second-order valence-electron chi connectivity index (χ2n) is 6.65. The van der Waals surface area contributed by atoms with Crippen molar-refractivity contribution in [1.82, 2.24) is 14.9 Å². The van der Waals surface area contributed by atoms with Gasteiger partial charge in [-0.05, 0) is 30.5 Å². The Morgan fingerprint density at radius 1 is 1.18 bits per heavy atom. The Morgan fingerprint density at radius 2 is 1.96 bits per heavy atom. The van der Waals surface area contributed by atoms with E-state index in [1.165, 1.54) is 6.07 Å². The van der Waals surface area contributed by atoms with E-state index in [0.29, 0.717) is 13.1 Å². The highest BCUT2D eigenvalue weighted by Gasteiger charge is 2.27. The largest absolute Gasteiger partial charge is 0.353 e. The summed E-state index contributed by atoms with van der Waals surface area (Å²) < 4.78 is 26.8. The topological polar surface area (TPSA) is 61.4 Å². The minimum atomic E-state index is -0.783. The van der Waals surface area contributed by atoms with Gasteiger partial charge in [0.25, 0.3) is 0 Å². The summed E-state index contributed by atoms with van der Waals surface area (Å²) in [5.41, 5.74) is -0.0160. The zero-order valence-corrected chi connectivity index (χ0v) is 16.0. The Kier molecular flexibility index (Phi) is 5.19. The Bertz CT molecular complexity index is 1000. The first-order chi connectivity index (χ1) is 13.5. The van der Waals surface area contributed by atoms with Crippen LogP contribution in [0.4, 0.5) is 20.3 Å². The highest BCUT2D eigenvalue weighted by atomic mass is 32.1. The predicted octanol–water partition coefficient (Wildman–Crippen LogP) is 3.12. The van der Waals surface area contributed by atoms with Crippen molar-refractivity contribution in [3.8, 4) is 0 Å². The Hall–Kier alpha value is -2.65. The molecule has 1 aromatic carbocycles. The molecule has 0 radical (unpaired) electrons. The minimum absolute atomic E-state index is 0.0160. The number of nitrogens with one attached hydrogen (secondary N) is 1. The van der Waals surface area contributed by atoms with Crippen molar-refractivity contribution in [2.75, 3.05) is 36.4 Å². The summed E-state index contributed by atoms with van der Waals surface area (Å²) in [6.45, 7) is 4.59. The molecule has 1 N–H and O–H groups in total. The first kappa shape index (κ1) is 18.7. The van der Waals surface area contributed by atoms with Crippen molar-refractivity contribution in [2.45, 2.75) is 13.0 Å². The molecular weight excluding hydrogens is 384 g/mol. The first-order valence-electron chi connectivity index (χ1n) is 8.96. The Labute approximate surface area is 164 Å². The van der Waals surface area contributed by atoms with Crippen LogP contribution in [0.1, 0.15) is 6.92 Å². The van der Waals surface area contributed by atoms with Crippen LogP contribution in [0.5, 0.6) is 0 Å². The van der Waals surface area contributed by atoms with Crippen LogP contribution in [-0.2, 0) is 4.79 Å². The fraction of sp³-hybridized carbons (Fsp3) is 0.316. The monoisotopic (exact) mass is 403 g/mol. The van der Waals surface area contributed by atoms with Crippen LogP contribution < -0.4 is 10.2 Å². The van der Waals surface area contributed by atoms with E-state index >= 15 is 0 Å². The van der Waals surface area contributed by atoms with Gasteiger partial charge in [-0.25, -0.2) is 18.7 Å². The van der Waals surface area contributed by atoms with E-state index in [1.807, 2.05) is 16.3 Å². The molecule has 0 aliphatic carbocycles. The summed E-state index contributed by atoms with van der Waals surface area (Å²) >= 11 is 1.58. The molecule has 28 heavy (non-hydrogen) atoms. The maximum absolute atomic E-state index is 13.8. The number of anilines is 2. The van der Waals surface area contributed by atoms with Gasteiger partial charge in [-0.3, -0.25) is 9.69 Å². The number of carbonyl (C=O) groups excluding carboxylic acids is 1. The van der Waals surface area contributed by atoms with E-state index in [2.05, 4.69) is 20.2 Å². The lowest BCUT2D eigenvalue weighted by atomic mass is 10.2. The molecule has 1 atom stereocenters. The van der Waals surface area contributed by atoms with Gasteiger partial charge in [-0.2, -0.15) is 0 Å². The number of nitrogens with zero attached hydrogens (tertiary/aromatic N) is 4. The van der Waals surface area contributed by atoms with Gasteiger partial charge in [0.05, 0.1) is 17.1 Å². The normalized spacial score (nSPS) is 16.3. The molecule has 1 amide bonds. The van der Waals surface area contributed by atoms with Gasteiger partial charge in [-0.15, -0.1) is 11.3 Å². The van der Waals surface area contributed by atoms with Crippen molar-refractivity contribution < 1.29 is 13.6 Å². The third kappa shape index (κ3) is 3.67. The number of rotatable bonds is 4. The number of halogens is 2.